The Kier molecular flexibility index (Phi) is 17.2. The molecule has 2 aromatic carbocycles. The molecule has 0 saturated carbocycles. The van der Waals surface area contributed by atoms with Crippen molar-refractivity contribution in [1.29, 1.82) is 0 Å². The van der Waals surface area contributed by atoms with Crippen LogP contribution < -0.4 is 39.1 Å². The van der Waals surface area contributed by atoms with E-state index in [0.29, 0.717) is 17.9 Å². The third-order valence-electron chi connectivity index (χ3n) is 7.39. The van der Waals surface area contributed by atoms with Gasteiger partial charge in [0.1, 0.15) is 15.9 Å². The van der Waals surface area contributed by atoms with Crippen LogP contribution in [0.2, 0.25) is 0 Å². The monoisotopic (exact) mass is 623 g/mol. The van der Waals surface area contributed by atoms with E-state index < -0.39 is 10.1 Å². The van der Waals surface area contributed by atoms with Gasteiger partial charge in [0, 0.05) is 7.05 Å². The summed E-state index contributed by atoms with van der Waals surface area (Å²) in [5.41, 5.74) is 2.07. The molecule has 0 bridgehead atoms. The third kappa shape index (κ3) is 12.2. The fourth-order valence-electron chi connectivity index (χ4n) is 4.88. The van der Waals surface area contributed by atoms with E-state index in [1.807, 2.05) is 35.9 Å². The van der Waals surface area contributed by atoms with Crippen LogP contribution in [-0.4, -0.2) is 29.9 Å². The van der Waals surface area contributed by atoms with Gasteiger partial charge >= 0.3 is 29.6 Å². The van der Waals surface area contributed by atoms with Gasteiger partial charge in [0.05, 0.1) is 27.4 Å². The molecule has 0 spiro atoms. The molecular weight excluding hydrogens is 577 g/mol. The Labute approximate surface area is 278 Å². The van der Waals surface area contributed by atoms with Crippen molar-refractivity contribution in [3.05, 3.63) is 52.8 Å². The summed E-state index contributed by atoms with van der Waals surface area (Å²) in [6, 6.07) is 12.6. The number of nitrogens with zero attached hydrogens (tertiary/aromatic N) is 3. The van der Waals surface area contributed by atoms with Gasteiger partial charge in [0.25, 0.3) is 0 Å². The zero-order chi connectivity index (χ0) is 29.5. The average molecular weight is 624 g/mol. The number of thiazole rings is 1. The SMILES string of the molecule is CCCCCCCCCCCCCCCCOc1ccc(/C(C)=N\N=c2/sc3ccccc3n2C)cc1S(=O)(=O)[O-].[Na+]. The molecule has 226 valence electrons. The summed E-state index contributed by atoms with van der Waals surface area (Å²) >= 11 is 1.52. The van der Waals surface area contributed by atoms with Gasteiger partial charge in [-0.3, -0.25) is 0 Å². The zero-order valence-corrected chi connectivity index (χ0v) is 29.6. The summed E-state index contributed by atoms with van der Waals surface area (Å²) in [7, 11) is -2.79. The number of aromatic nitrogens is 1. The van der Waals surface area contributed by atoms with Crippen molar-refractivity contribution in [3.63, 3.8) is 0 Å². The Balaban J connectivity index is 0.00000616. The maximum absolute atomic E-state index is 12.0. The number of ether oxygens (including phenoxy) is 1. The second kappa shape index (κ2) is 19.7. The molecule has 0 N–H and O–H groups in total. The van der Waals surface area contributed by atoms with E-state index >= 15 is 0 Å². The summed E-state index contributed by atoms with van der Waals surface area (Å²) in [5.74, 6) is 0.0964. The van der Waals surface area contributed by atoms with Crippen LogP contribution >= 0.6 is 11.3 Å². The second-order valence-electron chi connectivity index (χ2n) is 10.8. The van der Waals surface area contributed by atoms with E-state index in [1.165, 1.54) is 88.0 Å². The van der Waals surface area contributed by atoms with Crippen molar-refractivity contribution in [2.45, 2.75) is 109 Å². The van der Waals surface area contributed by atoms with E-state index in [9.17, 15) is 13.0 Å². The molecule has 0 aliphatic carbocycles. The number of hydrogen-bond donors (Lipinski definition) is 0. The van der Waals surface area contributed by atoms with E-state index in [-0.39, 0.29) is 40.2 Å². The van der Waals surface area contributed by atoms with Gasteiger partial charge in [-0.15, -0.1) is 5.10 Å². The molecule has 0 atom stereocenters. The molecule has 3 rings (SSSR count). The molecule has 0 unspecified atom stereocenters. The van der Waals surface area contributed by atoms with Crippen LogP contribution in [0.1, 0.15) is 109 Å². The van der Waals surface area contributed by atoms with Gasteiger partial charge < -0.3 is 13.9 Å². The van der Waals surface area contributed by atoms with E-state index in [4.69, 9.17) is 4.74 Å². The third-order valence-corrected chi connectivity index (χ3v) is 9.35. The summed E-state index contributed by atoms with van der Waals surface area (Å²) in [5, 5.41) is 8.68. The Morgan fingerprint density at radius 1 is 0.881 bits per heavy atom. The second-order valence-corrected chi connectivity index (χ2v) is 13.1. The standard InChI is InChI=1S/C32H47N3O4S2.Na/c1-4-5-6-7-8-9-10-11-12-13-14-15-16-19-24-39-29-23-22-27(25-31(29)41(36,37)38)26(2)33-34-32-35(3)28-20-17-18-21-30(28)40-32;/h17-18,20-23,25H,4-16,19,24H2,1-3H3,(H,36,37,38);/q;+1/p-1/b33-26-,34-32-;. The van der Waals surface area contributed by atoms with Crippen molar-refractivity contribution >= 4 is 37.4 Å². The first-order valence-electron chi connectivity index (χ1n) is 15.2. The van der Waals surface area contributed by atoms with Gasteiger partial charge in [0.15, 0.2) is 0 Å². The average Bonchev–Trinajstić information content (AvgIpc) is 3.28. The van der Waals surface area contributed by atoms with Crippen LogP contribution in [0.25, 0.3) is 10.2 Å². The fraction of sp³-hybridized carbons (Fsp3) is 0.562. The maximum Gasteiger partial charge on any atom is 1.00 e. The van der Waals surface area contributed by atoms with E-state index in [2.05, 4.69) is 17.1 Å². The first-order chi connectivity index (χ1) is 19.8. The van der Waals surface area contributed by atoms with Gasteiger partial charge in [-0.05, 0) is 49.2 Å². The molecule has 3 aromatic rings. The van der Waals surface area contributed by atoms with Crippen molar-refractivity contribution in [2.24, 2.45) is 17.3 Å². The first kappa shape index (κ1) is 36.7. The molecular formula is C32H46N3NaO4S2. The minimum absolute atomic E-state index is 0. The molecule has 10 heteroatoms. The number of aryl methyl sites for hydroxylation is 1. The number of rotatable bonds is 19. The summed E-state index contributed by atoms with van der Waals surface area (Å²) < 4.78 is 44.8. The molecule has 0 fully saturated rings. The summed E-state index contributed by atoms with van der Waals surface area (Å²) in [4.78, 5) is 0.359. The Hall–Kier alpha value is -1.49. The maximum atomic E-state index is 12.0. The molecule has 0 saturated heterocycles. The predicted molar refractivity (Wildman–Crippen MR) is 169 cm³/mol. The number of fused-ring (bicyclic) bond motifs is 1. The van der Waals surface area contributed by atoms with Gasteiger partial charge in [-0.1, -0.05) is 114 Å². The van der Waals surface area contributed by atoms with Crippen LogP contribution in [-0.2, 0) is 17.2 Å². The number of para-hydroxylation sites is 1. The molecule has 42 heavy (non-hydrogen) atoms. The van der Waals surface area contributed by atoms with Gasteiger partial charge in [-0.2, -0.15) is 5.10 Å². The van der Waals surface area contributed by atoms with Crippen LogP contribution in [0, 0.1) is 0 Å². The smallest absolute Gasteiger partial charge is 0.744 e. The fourth-order valence-corrected chi connectivity index (χ4v) is 6.49. The molecule has 7 nitrogen and oxygen atoms in total. The largest absolute Gasteiger partial charge is 1.00 e. The van der Waals surface area contributed by atoms with Gasteiger partial charge in [0.2, 0.25) is 4.80 Å². The van der Waals surface area contributed by atoms with Crippen LogP contribution in [0.3, 0.4) is 0 Å². The predicted octanol–water partition coefficient (Wildman–Crippen LogP) is 5.33. The number of benzene rings is 2. The van der Waals surface area contributed by atoms with Crippen molar-refractivity contribution in [3.8, 4) is 5.75 Å². The first-order valence-corrected chi connectivity index (χ1v) is 17.4. The minimum atomic E-state index is -4.71. The van der Waals surface area contributed by atoms with Crippen LogP contribution in [0.5, 0.6) is 5.75 Å². The number of hydrogen-bond acceptors (Lipinski definition) is 7. The molecule has 0 amide bonds. The number of unbranched alkanes of at least 4 members (excludes halogenated alkanes) is 13. The Bertz CT molecular complexity index is 1430. The molecule has 1 heterocycles. The van der Waals surface area contributed by atoms with E-state index in [0.717, 1.165) is 34.3 Å². The minimum Gasteiger partial charge on any atom is -0.744 e. The van der Waals surface area contributed by atoms with E-state index in [1.54, 1.807) is 19.1 Å². The quantitative estimate of drug-likeness (QED) is 0.0593. The van der Waals surface area contributed by atoms with Gasteiger partial charge in [-0.25, -0.2) is 8.42 Å². The summed E-state index contributed by atoms with van der Waals surface area (Å²) in [6.07, 6.45) is 17.7. The zero-order valence-electron chi connectivity index (χ0n) is 25.9. The molecule has 1 aromatic heterocycles. The summed E-state index contributed by atoms with van der Waals surface area (Å²) in [6.45, 7) is 4.38. The Morgan fingerprint density at radius 3 is 2.02 bits per heavy atom. The topological polar surface area (TPSA) is 96.1 Å². The van der Waals surface area contributed by atoms with Crippen molar-refractivity contribution < 1.29 is 47.3 Å². The van der Waals surface area contributed by atoms with Crippen LogP contribution in [0.15, 0.2) is 57.6 Å². The molecule has 0 aliphatic rings. The molecule has 0 radical (unpaired) electrons. The van der Waals surface area contributed by atoms with Crippen LogP contribution in [0.4, 0.5) is 0 Å². The Morgan fingerprint density at radius 2 is 1.45 bits per heavy atom. The normalized spacial score (nSPS) is 12.6. The van der Waals surface area contributed by atoms with Crippen molar-refractivity contribution in [2.75, 3.05) is 6.61 Å². The molecule has 0 aliphatic heterocycles. The van der Waals surface area contributed by atoms with Crippen molar-refractivity contribution in [1.82, 2.24) is 4.57 Å².